The number of nitrogens with one attached hydrogen (secondary N) is 1. The number of carbonyl (C=O) groups excluding carboxylic acids is 1. The first-order valence-corrected chi connectivity index (χ1v) is 10.3. The van der Waals surface area contributed by atoms with Crippen LogP contribution in [0.2, 0.25) is 0 Å². The number of rotatable bonds is 8. The molecule has 158 valence electrons. The number of likely N-dealkylation sites (tertiary alicyclic amines) is 1. The van der Waals surface area contributed by atoms with Crippen LogP contribution in [0.3, 0.4) is 0 Å². The second-order valence-electron chi connectivity index (χ2n) is 7.82. The van der Waals surface area contributed by atoms with Crippen molar-refractivity contribution in [2.75, 3.05) is 32.6 Å². The maximum Gasteiger partial charge on any atom is 0.224 e. The third kappa shape index (κ3) is 5.76. The van der Waals surface area contributed by atoms with Crippen LogP contribution in [0.4, 0.5) is 5.69 Å². The molecule has 6 heteroatoms. The molecule has 1 amide bonds. The second kappa shape index (κ2) is 9.83. The molecule has 1 aromatic carbocycles. The number of furan rings is 1. The monoisotopic (exact) mass is 400 g/mol. The smallest absolute Gasteiger partial charge is 0.224 e. The number of aryl methyl sites for hydroxylation is 2. The number of hydrogen-bond acceptors (Lipinski definition) is 5. The number of nitrogens with zero attached hydrogens (tertiary/aromatic N) is 1. The molecule has 0 unspecified atom stereocenters. The molecule has 0 atom stereocenters. The summed E-state index contributed by atoms with van der Waals surface area (Å²) in [5.41, 5.74) is 1.89. The molecule has 1 aliphatic heterocycles. The van der Waals surface area contributed by atoms with E-state index in [9.17, 15) is 4.79 Å². The summed E-state index contributed by atoms with van der Waals surface area (Å²) in [6, 6.07) is 7.54. The first-order chi connectivity index (χ1) is 14.0. The second-order valence-corrected chi connectivity index (χ2v) is 7.82. The summed E-state index contributed by atoms with van der Waals surface area (Å²) in [7, 11) is 3.19. The van der Waals surface area contributed by atoms with E-state index in [0.29, 0.717) is 29.5 Å². The van der Waals surface area contributed by atoms with Gasteiger partial charge in [-0.3, -0.25) is 9.69 Å². The molecule has 1 fully saturated rings. The predicted molar refractivity (Wildman–Crippen MR) is 114 cm³/mol. The lowest BCUT2D eigenvalue weighted by molar-refractivity contribution is -0.116. The molecular formula is C23H32N2O4. The Bertz CT molecular complexity index is 803. The highest BCUT2D eigenvalue weighted by atomic mass is 16.5. The van der Waals surface area contributed by atoms with E-state index in [2.05, 4.69) is 23.2 Å². The van der Waals surface area contributed by atoms with E-state index in [-0.39, 0.29) is 5.91 Å². The van der Waals surface area contributed by atoms with Crippen LogP contribution in [-0.2, 0) is 11.3 Å². The molecule has 6 nitrogen and oxygen atoms in total. The van der Waals surface area contributed by atoms with Gasteiger partial charge in [0.25, 0.3) is 0 Å². The summed E-state index contributed by atoms with van der Waals surface area (Å²) in [6.45, 7) is 7.08. The molecule has 0 bridgehead atoms. The van der Waals surface area contributed by atoms with Crippen molar-refractivity contribution in [1.82, 2.24) is 4.90 Å². The Morgan fingerprint density at radius 1 is 1.17 bits per heavy atom. The molecule has 2 heterocycles. The number of carbonyl (C=O) groups is 1. The molecule has 1 aliphatic rings. The van der Waals surface area contributed by atoms with Gasteiger partial charge in [0.1, 0.15) is 23.0 Å². The fourth-order valence-corrected chi connectivity index (χ4v) is 3.83. The van der Waals surface area contributed by atoms with Gasteiger partial charge in [-0.05, 0) is 75.9 Å². The van der Waals surface area contributed by atoms with E-state index in [0.717, 1.165) is 50.4 Å². The minimum atomic E-state index is 0.0254. The number of methoxy groups -OCH3 is 2. The Morgan fingerprint density at radius 2 is 1.93 bits per heavy atom. The van der Waals surface area contributed by atoms with Crippen LogP contribution < -0.4 is 14.8 Å². The average molecular weight is 401 g/mol. The number of amides is 1. The van der Waals surface area contributed by atoms with E-state index in [4.69, 9.17) is 13.9 Å². The summed E-state index contributed by atoms with van der Waals surface area (Å²) in [5.74, 6) is 3.98. The Kier molecular flexibility index (Phi) is 7.20. The van der Waals surface area contributed by atoms with Crippen molar-refractivity contribution in [2.45, 2.75) is 46.1 Å². The van der Waals surface area contributed by atoms with Gasteiger partial charge < -0.3 is 19.2 Å². The Hall–Kier alpha value is -2.47. The lowest BCUT2D eigenvalue weighted by atomic mass is 9.92. The fourth-order valence-electron chi connectivity index (χ4n) is 3.83. The van der Waals surface area contributed by atoms with E-state index in [1.165, 1.54) is 5.56 Å². The third-order valence-electron chi connectivity index (χ3n) is 5.77. The summed E-state index contributed by atoms with van der Waals surface area (Å²) in [5, 5.41) is 2.96. The van der Waals surface area contributed by atoms with Gasteiger partial charge in [-0.1, -0.05) is 0 Å². The van der Waals surface area contributed by atoms with Crippen molar-refractivity contribution >= 4 is 11.6 Å². The van der Waals surface area contributed by atoms with Crippen LogP contribution in [0.1, 0.15) is 42.8 Å². The molecule has 1 N–H and O–H groups in total. The first kappa shape index (κ1) is 21.2. The van der Waals surface area contributed by atoms with E-state index in [1.54, 1.807) is 20.3 Å². The molecule has 1 saturated heterocycles. The van der Waals surface area contributed by atoms with Crippen molar-refractivity contribution in [3.8, 4) is 11.5 Å². The molecule has 1 aromatic heterocycles. The van der Waals surface area contributed by atoms with Crippen molar-refractivity contribution in [3.05, 3.63) is 41.3 Å². The van der Waals surface area contributed by atoms with Crippen LogP contribution in [0.25, 0.3) is 0 Å². The topological polar surface area (TPSA) is 63.9 Å². The number of hydrogen-bond donors (Lipinski definition) is 1. The molecule has 2 aromatic rings. The van der Waals surface area contributed by atoms with Gasteiger partial charge >= 0.3 is 0 Å². The van der Waals surface area contributed by atoms with Crippen LogP contribution in [0, 0.1) is 19.8 Å². The normalized spacial score (nSPS) is 15.3. The largest absolute Gasteiger partial charge is 0.497 e. The van der Waals surface area contributed by atoms with E-state index in [1.807, 2.05) is 19.1 Å². The third-order valence-corrected chi connectivity index (χ3v) is 5.77. The number of benzene rings is 1. The van der Waals surface area contributed by atoms with Gasteiger partial charge in [-0.25, -0.2) is 0 Å². The van der Waals surface area contributed by atoms with Gasteiger partial charge in [0.15, 0.2) is 0 Å². The van der Waals surface area contributed by atoms with Crippen molar-refractivity contribution in [2.24, 2.45) is 5.92 Å². The summed E-state index contributed by atoms with van der Waals surface area (Å²) in [4.78, 5) is 14.8. The number of piperidine rings is 1. The fraction of sp³-hybridized carbons (Fsp3) is 0.522. The molecule has 3 rings (SSSR count). The lowest BCUT2D eigenvalue weighted by Gasteiger charge is -2.31. The average Bonchev–Trinajstić information content (AvgIpc) is 3.04. The summed E-state index contributed by atoms with van der Waals surface area (Å²) >= 11 is 0. The van der Waals surface area contributed by atoms with Gasteiger partial charge in [-0.2, -0.15) is 0 Å². The van der Waals surface area contributed by atoms with Crippen LogP contribution in [0.5, 0.6) is 11.5 Å². The van der Waals surface area contributed by atoms with E-state index >= 15 is 0 Å². The lowest BCUT2D eigenvalue weighted by Crippen LogP contribution is -2.33. The van der Waals surface area contributed by atoms with Crippen molar-refractivity contribution < 1.29 is 18.7 Å². The van der Waals surface area contributed by atoms with Gasteiger partial charge in [0.2, 0.25) is 5.91 Å². The standard InChI is InChI=1S/C23H32N2O4/c1-16-13-20(29-17(16)2)15-25-11-9-18(10-12-25)5-8-23(26)24-21-7-6-19(27-3)14-22(21)28-4/h6-7,13-14,18H,5,8-12,15H2,1-4H3,(H,24,26). The zero-order valence-corrected chi connectivity index (χ0v) is 17.9. The van der Waals surface area contributed by atoms with Crippen LogP contribution >= 0.6 is 0 Å². The molecule has 0 saturated carbocycles. The Morgan fingerprint density at radius 3 is 2.55 bits per heavy atom. The van der Waals surface area contributed by atoms with Gasteiger partial charge in [-0.15, -0.1) is 0 Å². The quantitative estimate of drug-likeness (QED) is 0.705. The molecule has 29 heavy (non-hydrogen) atoms. The molecule has 0 radical (unpaired) electrons. The Balaban J connectivity index is 1.41. The van der Waals surface area contributed by atoms with Crippen molar-refractivity contribution in [1.29, 1.82) is 0 Å². The predicted octanol–water partition coefficient (Wildman–Crippen LogP) is 4.54. The van der Waals surface area contributed by atoms with Crippen LogP contribution in [0.15, 0.2) is 28.7 Å². The summed E-state index contributed by atoms with van der Waals surface area (Å²) < 4.78 is 16.3. The molecular weight excluding hydrogens is 368 g/mol. The highest BCUT2D eigenvalue weighted by Gasteiger charge is 2.21. The van der Waals surface area contributed by atoms with Crippen LogP contribution in [-0.4, -0.2) is 38.1 Å². The van der Waals surface area contributed by atoms with Crippen molar-refractivity contribution in [3.63, 3.8) is 0 Å². The molecule has 0 spiro atoms. The summed E-state index contributed by atoms with van der Waals surface area (Å²) in [6.07, 6.45) is 3.68. The maximum absolute atomic E-state index is 12.4. The Labute approximate surface area is 173 Å². The minimum Gasteiger partial charge on any atom is -0.497 e. The van der Waals surface area contributed by atoms with Gasteiger partial charge in [0, 0.05) is 12.5 Å². The first-order valence-electron chi connectivity index (χ1n) is 10.3. The van der Waals surface area contributed by atoms with E-state index < -0.39 is 0 Å². The zero-order valence-electron chi connectivity index (χ0n) is 17.9. The highest BCUT2D eigenvalue weighted by molar-refractivity contribution is 5.92. The highest BCUT2D eigenvalue weighted by Crippen LogP contribution is 2.30. The molecule has 0 aliphatic carbocycles. The maximum atomic E-state index is 12.4. The minimum absolute atomic E-state index is 0.0254. The number of anilines is 1. The van der Waals surface area contributed by atoms with Gasteiger partial charge in [0.05, 0.1) is 26.5 Å². The number of ether oxygens (including phenoxy) is 2. The SMILES string of the molecule is COc1ccc(NC(=O)CCC2CCN(Cc3cc(C)c(C)o3)CC2)c(OC)c1. The zero-order chi connectivity index (χ0) is 20.8.